The number of nitrogens with zero attached hydrogens (tertiary/aromatic N) is 4. The number of para-hydroxylation sites is 1. The fourth-order valence-corrected chi connectivity index (χ4v) is 3.01. The van der Waals surface area contributed by atoms with E-state index in [1.54, 1.807) is 11.8 Å². The SMILES string of the molecule is CCc1nnc(SCc2ccncc2)n1-c1ccccc1. The molecule has 0 bridgehead atoms. The second-order valence-corrected chi connectivity index (χ2v) is 5.51. The maximum Gasteiger partial charge on any atom is 0.196 e. The van der Waals surface area contributed by atoms with Crippen molar-refractivity contribution < 1.29 is 0 Å². The molecule has 0 fully saturated rings. The monoisotopic (exact) mass is 296 g/mol. The minimum Gasteiger partial charge on any atom is -0.274 e. The molecule has 4 nitrogen and oxygen atoms in total. The quantitative estimate of drug-likeness (QED) is 0.676. The molecule has 0 aliphatic heterocycles. The molecule has 5 heteroatoms. The lowest BCUT2D eigenvalue weighted by atomic mass is 10.3. The van der Waals surface area contributed by atoms with Crippen LogP contribution in [0.4, 0.5) is 0 Å². The molecular formula is C16H16N4S. The number of aromatic nitrogens is 4. The molecule has 0 saturated carbocycles. The highest BCUT2D eigenvalue weighted by atomic mass is 32.2. The van der Waals surface area contributed by atoms with Gasteiger partial charge in [-0.05, 0) is 29.8 Å². The minimum absolute atomic E-state index is 0.858. The van der Waals surface area contributed by atoms with Gasteiger partial charge in [-0.2, -0.15) is 0 Å². The summed E-state index contributed by atoms with van der Waals surface area (Å²) >= 11 is 1.69. The summed E-state index contributed by atoms with van der Waals surface area (Å²) in [7, 11) is 0. The van der Waals surface area contributed by atoms with Crippen LogP contribution in [0, 0.1) is 0 Å². The largest absolute Gasteiger partial charge is 0.274 e. The summed E-state index contributed by atoms with van der Waals surface area (Å²) < 4.78 is 2.13. The third-order valence-electron chi connectivity index (χ3n) is 3.15. The third-order valence-corrected chi connectivity index (χ3v) is 4.15. The maximum atomic E-state index is 4.34. The molecular weight excluding hydrogens is 280 g/mol. The van der Waals surface area contributed by atoms with E-state index in [1.807, 2.05) is 42.7 Å². The van der Waals surface area contributed by atoms with E-state index in [9.17, 15) is 0 Å². The van der Waals surface area contributed by atoms with Gasteiger partial charge in [-0.25, -0.2) is 0 Å². The van der Waals surface area contributed by atoms with Crippen molar-refractivity contribution in [3.05, 3.63) is 66.2 Å². The number of thioether (sulfide) groups is 1. The van der Waals surface area contributed by atoms with Crippen molar-refractivity contribution >= 4 is 11.8 Å². The molecule has 106 valence electrons. The zero-order valence-electron chi connectivity index (χ0n) is 11.8. The highest BCUT2D eigenvalue weighted by Gasteiger charge is 2.12. The molecule has 0 radical (unpaired) electrons. The molecule has 2 heterocycles. The third kappa shape index (κ3) is 3.13. The van der Waals surface area contributed by atoms with Crippen molar-refractivity contribution in [2.45, 2.75) is 24.3 Å². The molecule has 0 atom stereocenters. The Balaban J connectivity index is 1.87. The van der Waals surface area contributed by atoms with Crippen LogP contribution in [-0.4, -0.2) is 19.7 Å². The Labute approximate surface area is 128 Å². The van der Waals surface area contributed by atoms with Crippen LogP contribution in [0.2, 0.25) is 0 Å². The molecule has 3 rings (SSSR count). The number of benzene rings is 1. The Bertz CT molecular complexity index is 695. The zero-order valence-corrected chi connectivity index (χ0v) is 12.6. The van der Waals surface area contributed by atoms with Gasteiger partial charge in [0.15, 0.2) is 5.16 Å². The van der Waals surface area contributed by atoms with Crippen molar-refractivity contribution in [3.63, 3.8) is 0 Å². The lowest BCUT2D eigenvalue weighted by Gasteiger charge is -2.09. The Morgan fingerprint density at radius 2 is 1.76 bits per heavy atom. The average molecular weight is 296 g/mol. The number of rotatable bonds is 5. The summed E-state index contributed by atoms with van der Waals surface area (Å²) in [4.78, 5) is 4.04. The summed E-state index contributed by atoms with van der Waals surface area (Å²) in [6, 6.07) is 14.3. The normalized spacial score (nSPS) is 10.7. The molecule has 2 aromatic heterocycles. The van der Waals surface area contributed by atoms with Crippen molar-refractivity contribution in [3.8, 4) is 5.69 Å². The van der Waals surface area contributed by atoms with E-state index in [0.717, 1.165) is 28.8 Å². The molecule has 0 spiro atoms. The first-order chi connectivity index (χ1) is 10.4. The predicted molar refractivity (Wildman–Crippen MR) is 84.5 cm³/mol. The lowest BCUT2D eigenvalue weighted by molar-refractivity contribution is 0.836. The van der Waals surface area contributed by atoms with Gasteiger partial charge in [-0.1, -0.05) is 36.9 Å². The minimum atomic E-state index is 0.858. The van der Waals surface area contributed by atoms with Gasteiger partial charge in [0.25, 0.3) is 0 Å². The van der Waals surface area contributed by atoms with Crippen LogP contribution in [0.1, 0.15) is 18.3 Å². The summed E-state index contributed by atoms with van der Waals surface area (Å²) in [6.07, 6.45) is 4.49. The van der Waals surface area contributed by atoms with E-state index in [1.165, 1.54) is 5.56 Å². The first-order valence-electron chi connectivity index (χ1n) is 6.90. The highest BCUT2D eigenvalue weighted by Crippen LogP contribution is 2.25. The van der Waals surface area contributed by atoms with Gasteiger partial charge in [0.2, 0.25) is 0 Å². The van der Waals surface area contributed by atoms with E-state index in [2.05, 4.69) is 38.8 Å². The van der Waals surface area contributed by atoms with Crippen molar-refractivity contribution in [1.82, 2.24) is 19.7 Å². The van der Waals surface area contributed by atoms with Crippen LogP contribution >= 0.6 is 11.8 Å². The fraction of sp³-hybridized carbons (Fsp3) is 0.188. The van der Waals surface area contributed by atoms with Crippen LogP contribution in [0.3, 0.4) is 0 Å². The van der Waals surface area contributed by atoms with Gasteiger partial charge in [-0.15, -0.1) is 10.2 Å². The van der Waals surface area contributed by atoms with Crippen molar-refractivity contribution in [2.75, 3.05) is 0 Å². The fourth-order valence-electron chi connectivity index (χ4n) is 2.09. The Hall–Kier alpha value is -2.14. The van der Waals surface area contributed by atoms with E-state index >= 15 is 0 Å². The maximum absolute atomic E-state index is 4.34. The van der Waals surface area contributed by atoms with E-state index in [-0.39, 0.29) is 0 Å². The number of pyridine rings is 1. The van der Waals surface area contributed by atoms with E-state index in [4.69, 9.17) is 0 Å². The molecule has 0 unspecified atom stereocenters. The molecule has 0 aliphatic carbocycles. The summed E-state index contributed by atoms with van der Waals surface area (Å²) in [5, 5.41) is 9.57. The predicted octanol–water partition coefficient (Wildman–Crippen LogP) is 3.52. The van der Waals surface area contributed by atoms with Gasteiger partial charge in [0.1, 0.15) is 5.82 Å². The summed E-state index contributed by atoms with van der Waals surface area (Å²) in [5.74, 6) is 1.84. The van der Waals surface area contributed by atoms with Crippen molar-refractivity contribution in [2.24, 2.45) is 0 Å². The standard InChI is InChI=1S/C16H16N4S/c1-2-15-18-19-16(20(15)14-6-4-3-5-7-14)21-12-13-8-10-17-11-9-13/h3-11H,2,12H2,1H3. The van der Waals surface area contributed by atoms with E-state index in [0.29, 0.717) is 0 Å². The number of hydrogen-bond acceptors (Lipinski definition) is 4. The molecule has 21 heavy (non-hydrogen) atoms. The molecule has 0 N–H and O–H groups in total. The molecule has 1 aromatic carbocycles. The van der Waals surface area contributed by atoms with Crippen LogP contribution in [0.15, 0.2) is 60.0 Å². The smallest absolute Gasteiger partial charge is 0.196 e. The second-order valence-electron chi connectivity index (χ2n) is 4.57. The molecule has 0 amide bonds. The van der Waals surface area contributed by atoms with Crippen LogP contribution in [-0.2, 0) is 12.2 Å². The Morgan fingerprint density at radius 1 is 1.00 bits per heavy atom. The van der Waals surface area contributed by atoms with Gasteiger partial charge in [0, 0.05) is 30.3 Å². The second kappa shape index (κ2) is 6.54. The topological polar surface area (TPSA) is 43.6 Å². The summed E-state index contributed by atoms with van der Waals surface area (Å²) in [6.45, 7) is 2.10. The first-order valence-corrected chi connectivity index (χ1v) is 7.88. The Morgan fingerprint density at radius 3 is 2.48 bits per heavy atom. The molecule has 0 aliphatic rings. The van der Waals surface area contributed by atoms with Gasteiger partial charge >= 0.3 is 0 Å². The van der Waals surface area contributed by atoms with E-state index < -0.39 is 0 Å². The Kier molecular flexibility index (Phi) is 4.31. The van der Waals surface area contributed by atoms with Crippen molar-refractivity contribution in [1.29, 1.82) is 0 Å². The number of aryl methyl sites for hydroxylation is 1. The van der Waals surface area contributed by atoms with Gasteiger partial charge < -0.3 is 0 Å². The highest BCUT2D eigenvalue weighted by molar-refractivity contribution is 7.98. The van der Waals surface area contributed by atoms with Crippen LogP contribution in [0.5, 0.6) is 0 Å². The first kappa shape index (κ1) is 13.8. The zero-order chi connectivity index (χ0) is 14.5. The molecule has 0 saturated heterocycles. The van der Waals surface area contributed by atoms with Gasteiger partial charge in [-0.3, -0.25) is 9.55 Å². The van der Waals surface area contributed by atoms with Crippen LogP contribution in [0.25, 0.3) is 5.69 Å². The molecule has 3 aromatic rings. The summed E-state index contributed by atoms with van der Waals surface area (Å²) in [5.41, 5.74) is 2.34. The number of hydrogen-bond donors (Lipinski definition) is 0. The average Bonchev–Trinajstić information content (AvgIpc) is 2.97. The lowest BCUT2D eigenvalue weighted by Crippen LogP contribution is -2.01. The van der Waals surface area contributed by atoms with Crippen LogP contribution < -0.4 is 0 Å². The van der Waals surface area contributed by atoms with Gasteiger partial charge in [0.05, 0.1) is 0 Å².